The van der Waals surface area contributed by atoms with E-state index in [0.29, 0.717) is 18.5 Å². The van der Waals surface area contributed by atoms with Gasteiger partial charge in [0.25, 0.3) is 11.8 Å². The summed E-state index contributed by atoms with van der Waals surface area (Å²) < 4.78 is 5.89. The number of hydrogen-bond acceptors (Lipinski definition) is 5. The minimum absolute atomic E-state index is 0.272. The third kappa shape index (κ3) is 4.15. The SMILES string of the molecule is Cc1c(C(=O)NCc2cccnc2)oc2c1/C(=N/NC(=O)c1ccccc1)CCC2. The van der Waals surface area contributed by atoms with Crippen LogP contribution in [0.2, 0.25) is 0 Å². The number of aromatic nitrogens is 1. The standard InChI is InChI=1S/C23H22N4O3/c1-15-20-18(26-27-22(28)17-8-3-2-4-9-17)10-5-11-19(20)30-21(15)23(29)25-14-16-7-6-12-24-13-16/h2-4,6-9,12-13H,5,10-11,14H2,1H3,(H,25,29)(H,27,28)/b26-18+. The zero-order valence-electron chi connectivity index (χ0n) is 16.6. The van der Waals surface area contributed by atoms with Gasteiger partial charge in [0.2, 0.25) is 0 Å². The summed E-state index contributed by atoms with van der Waals surface area (Å²) in [5, 5.41) is 7.21. The van der Waals surface area contributed by atoms with Gasteiger partial charge < -0.3 is 9.73 Å². The zero-order chi connectivity index (χ0) is 20.9. The summed E-state index contributed by atoms with van der Waals surface area (Å²) in [6, 6.07) is 12.6. The van der Waals surface area contributed by atoms with Crippen LogP contribution < -0.4 is 10.7 Å². The molecule has 0 unspecified atom stereocenters. The number of hydrazone groups is 1. The van der Waals surface area contributed by atoms with Gasteiger partial charge in [-0.05, 0) is 43.5 Å². The highest BCUT2D eigenvalue weighted by Gasteiger charge is 2.28. The van der Waals surface area contributed by atoms with Crippen LogP contribution in [0.3, 0.4) is 0 Å². The molecule has 1 aliphatic rings. The topological polar surface area (TPSA) is 96.6 Å². The number of carbonyl (C=O) groups excluding carboxylic acids is 2. The van der Waals surface area contributed by atoms with Crippen molar-refractivity contribution in [1.29, 1.82) is 0 Å². The number of amides is 2. The predicted octanol–water partition coefficient (Wildman–Crippen LogP) is 3.38. The van der Waals surface area contributed by atoms with E-state index < -0.39 is 0 Å². The van der Waals surface area contributed by atoms with E-state index in [1.807, 2.05) is 25.1 Å². The Morgan fingerprint density at radius 2 is 1.93 bits per heavy atom. The number of hydrogen-bond donors (Lipinski definition) is 2. The summed E-state index contributed by atoms with van der Waals surface area (Å²) >= 11 is 0. The molecule has 7 heteroatoms. The van der Waals surface area contributed by atoms with Crippen LogP contribution in [0.4, 0.5) is 0 Å². The van der Waals surface area contributed by atoms with Crippen LogP contribution >= 0.6 is 0 Å². The molecule has 0 bridgehead atoms. The Morgan fingerprint density at radius 1 is 1.10 bits per heavy atom. The first-order valence-electron chi connectivity index (χ1n) is 9.85. The van der Waals surface area contributed by atoms with Crippen LogP contribution in [0.25, 0.3) is 0 Å². The molecule has 0 saturated carbocycles. The molecule has 7 nitrogen and oxygen atoms in total. The van der Waals surface area contributed by atoms with Crippen molar-refractivity contribution in [3.8, 4) is 0 Å². The Kier molecular flexibility index (Phi) is 5.70. The largest absolute Gasteiger partial charge is 0.455 e. The van der Waals surface area contributed by atoms with E-state index in [0.717, 1.165) is 41.0 Å². The number of furan rings is 1. The third-order valence-corrected chi connectivity index (χ3v) is 5.04. The molecule has 2 aromatic heterocycles. The molecule has 30 heavy (non-hydrogen) atoms. The molecule has 2 heterocycles. The van der Waals surface area contributed by atoms with Crippen LogP contribution in [-0.2, 0) is 13.0 Å². The Balaban J connectivity index is 1.51. The molecule has 0 fully saturated rings. The molecule has 2 N–H and O–H groups in total. The summed E-state index contributed by atoms with van der Waals surface area (Å²) in [6.45, 7) is 2.22. The number of fused-ring (bicyclic) bond motifs is 1. The fourth-order valence-electron chi connectivity index (χ4n) is 3.53. The molecular weight excluding hydrogens is 380 g/mol. The summed E-state index contributed by atoms with van der Waals surface area (Å²) in [5.74, 6) is 0.468. The van der Waals surface area contributed by atoms with Crippen LogP contribution in [0, 0.1) is 6.92 Å². The van der Waals surface area contributed by atoms with E-state index >= 15 is 0 Å². The van der Waals surface area contributed by atoms with Gasteiger partial charge in [-0.2, -0.15) is 5.10 Å². The molecule has 1 aliphatic carbocycles. The summed E-state index contributed by atoms with van der Waals surface area (Å²) in [6.07, 6.45) is 5.68. The summed E-state index contributed by atoms with van der Waals surface area (Å²) in [5.41, 5.74) is 6.36. The normalized spacial score (nSPS) is 14.2. The summed E-state index contributed by atoms with van der Waals surface area (Å²) in [4.78, 5) is 29.0. The lowest BCUT2D eigenvalue weighted by molar-refractivity contribution is 0.0919. The number of carbonyl (C=O) groups is 2. The lowest BCUT2D eigenvalue weighted by Gasteiger charge is -2.13. The van der Waals surface area contributed by atoms with E-state index in [-0.39, 0.29) is 17.6 Å². The van der Waals surface area contributed by atoms with E-state index in [4.69, 9.17) is 4.42 Å². The van der Waals surface area contributed by atoms with Gasteiger partial charge in [0.1, 0.15) is 5.76 Å². The lowest BCUT2D eigenvalue weighted by atomic mass is 9.93. The fourth-order valence-corrected chi connectivity index (χ4v) is 3.53. The third-order valence-electron chi connectivity index (χ3n) is 5.04. The second kappa shape index (κ2) is 8.73. The highest BCUT2D eigenvalue weighted by Crippen LogP contribution is 2.29. The van der Waals surface area contributed by atoms with Crippen molar-refractivity contribution in [3.05, 3.63) is 88.6 Å². The van der Waals surface area contributed by atoms with E-state index in [2.05, 4.69) is 20.8 Å². The van der Waals surface area contributed by atoms with Gasteiger partial charge in [-0.25, -0.2) is 5.43 Å². The van der Waals surface area contributed by atoms with Crippen LogP contribution in [0.5, 0.6) is 0 Å². The monoisotopic (exact) mass is 402 g/mol. The van der Waals surface area contributed by atoms with Gasteiger partial charge in [0, 0.05) is 42.0 Å². The van der Waals surface area contributed by atoms with Crippen LogP contribution in [0.15, 0.2) is 64.4 Å². The average Bonchev–Trinajstić information content (AvgIpc) is 3.14. The van der Waals surface area contributed by atoms with Crippen molar-refractivity contribution in [2.75, 3.05) is 0 Å². The maximum absolute atomic E-state index is 12.7. The molecule has 0 spiro atoms. The first-order chi connectivity index (χ1) is 14.6. The van der Waals surface area contributed by atoms with Crippen molar-refractivity contribution in [2.45, 2.75) is 32.7 Å². The number of pyridine rings is 1. The molecule has 3 aromatic rings. The molecule has 152 valence electrons. The maximum atomic E-state index is 12.7. The Labute approximate surface area is 174 Å². The first-order valence-corrected chi connectivity index (χ1v) is 9.85. The van der Waals surface area contributed by atoms with E-state index in [9.17, 15) is 9.59 Å². The van der Waals surface area contributed by atoms with E-state index in [1.165, 1.54) is 0 Å². The van der Waals surface area contributed by atoms with Gasteiger partial charge in [0.05, 0.1) is 5.71 Å². The molecule has 0 radical (unpaired) electrons. The highest BCUT2D eigenvalue weighted by atomic mass is 16.4. The quantitative estimate of drug-likeness (QED) is 0.640. The smallest absolute Gasteiger partial charge is 0.287 e. The second-order valence-electron chi connectivity index (χ2n) is 7.12. The number of rotatable bonds is 5. The number of nitrogens with zero attached hydrogens (tertiary/aromatic N) is 2. The highest BCUT2D eigenvalue weighted by molar-refractivity contribution is 6.07. The molecule has 1 aromatic carbocycles. The molecule has 0 atom stereocenters. The van der Waals surface area contributed by atoms with Crippen LogP contribution in [-0.4, -0.2) is 22.5 Å². The van der Waals surface area contributed by atoms with Crippen molar-refractivity contribution in [1.82, 2.24) is 15.7 Å². The van der Waals surface area contributed by atoms with Crippen LogP contribution in [0.1, 0.15) is 56.2 Å². The maximum Gasteiger partial charge on any atom is 0.287 e. The van der Waals surface area contributed by atoms with Crippen molar-refractivity contribution in [2.24, 2.45) is 5.10 Å². The van der Waals surface area contributed by atoms with Gasteiger partial charge in [0.15, 0.2) is 5.76 Å². The Bertz CT molecular complexity index is 1090. The van der Waals surface area contributed by atoms with E-state index in [1.54, 1.807) is 36.7 Å². The first kappa shape index (κ1) is 19.6. The number of nitrogens with one attached hydrogen (secondary N) is 2. The Morgan fingerprint density at radius 3 is 2.70 bits per heavy atom. The second-order valence-corrected chi connectivity index (χ2v) is 7.12. The number of aryl methyl sites for hydroxylation is 1. The molecular formula is C23H22N4O3. The fraction of sp³-hybridized carbons (Fsp3) is 0.217. The molecule has 4 rings (SSSR count). The molecule has 2 amide bonds. The summed E-state index contributed by atoms with van der Waals surface area (Å²) in [7, 11) is 0. The molecule has 0 saturated heterocycles. The molecule has 0 aliphatic heterocycles. The predicted molar refractivity (Wildman–Crippen MR) is 112 cm³/mol. The number of benzene rings is 1. The van der Waals surface area contributed by atoms with Gasteiger partial charge in [-0.15, -0.1) is 0 Å². The van der Waals surface area contributed by atoms with Gasteiger partial charge in [-0.3, -0.25) is 14.6 Å². The van der Waals surface area contributed by atoms with Crippen molar-refractivity contribution in [3.63, 3.8) is 0 Å². The van der Waals surface area contributed by atoms with Crippen molar-refractivity contribution >= 4 is 17.5 Å². The Hall–Kier alpha value is -3.74. The minimum atomic E-state index is -0.279. The van der Waals surface area contributed by atoms with Gasteiger partial charge in [-0.1, -0.05) is 24.3 Å². The lowest BCUT2D eigenvalue weighted by Crippen LogP contribution is -2.23. The minimum Gasteiger partial charge on any atom is -0.455 e. The average molecular weight is 402 g/mol. The van der Waals surface area contributed by atoms with Crippen molar-refractivity contribution < 1.29 is 14.0 Å². The van der Waals surface area contributed by atoms with Gasteiger partial charge >= 0.3 is 0 Å². The zero-order valence-corrected chi connectivity index (χ0v) is 16.6.